The molecule has 2 heterocycles. The highest BCUT2D eigenvalue weighted by Gasteiger charge is 2.31. The van der Waals surface area contributed by atoms with Crippen molar-refractivity contribution in [3.63, 3.8) is 0 Å². The molecule has 1 amide bonds. The number of carbonyl (C=O) groups is 1. The third-order valence-corrected chi connectivity index (χ3v) is 4.97. The molecule has 0 spiro atoms. The van der Waals surface area contributed by atoms with Crippen LogP contribution in [0.3, 0.4) is 0 Å². The first-order valence-corrected chi connectivity index (χ1v) is 8.28. The number of rotatable bonds is 4. The maximum Gasteiger partial charge on any atom is 0.404 e. The Hall–Kier alpha value is -1.95. The molecule has 6 heteroatoms. The molecule has 1 aromatic carbocycles. The van der Waals surface area contributed by atoms with Crippen molar-refractivity contribution in [3.05, 3.63) is 24.3 Å². The van der Waals surface area contributed by atoms with Gasteiger partial charge in [0.15, 0.2) is 0 Å². The topological polar surface area (TPSA) is 65.0 Å². The van der Waals surface area contributed by atoms with E-state index in [1.165, 1.54) is 5.69 Å². The minimum Gasteiger partial charge on any atom is -0.497 e. The van der Waals surface area contributed by atoms with Crippen LogP contribution >= 0.6 is 0 Å². The first-order chi connectivity index (χ1) is 11.2. The van der Waals surface area contributed by atoms with Gasteiger partial charge < -0.3 is 20.1 Å². The van der Waals surface area contributed by atoms with E-state index in [4.69, 9.17) is 9.84 Å². The van der Waals surface area contributed by atoms with Gasteiger partial charge in [-0.25, -0.2) is 4.79 Å². The van der Waals surface area contributed by atoms with Crippen LogP contribution in [-0.4, -0.2) is 61.5 Å². The summed E-state index contributed by atoms with van der Waals surface area (Å²) >= 11 is 0. The minimum atomic E-state index is -0.911. The Bertz CT molecular complexity index is 526. The molecule has 0 unspecified atom stereocenters. The molecule has 0 radical (unpaired) electrons. The monoisotopic (exact) mass is 319 g/mol. The Morgan fingerprint density at radius 2 is 1.87 bits per heavy atom. The maximum atomic E-state index is 10.7. The van der Waals surface area contributed by atoms with Crippen LogP contribution in [0.5, 0.6) is 5.75 Å². The molecule has 1 atom stereocenters. The van der Waals surface area contributed by atoms with Crippen molar-refractivity contribution in [2.45, 2.75) is 31.3 Å². The van der Waals surface area contributed by atoms with Crippen LogP contribution in [0.25, 0.3) is 0 Å². The number of piperidine rings is 1. The number of benzene rings is 1. The predicted octanol–water partition coefficient (Wildman–Crippen LogP) is 2.01. The molecule has 126 valence electrons. The lowest BCUT2D eigenvalue weighted by Gasteiger charge is -2.38. The SMILES string of the molecule is COc1ccc(N2CCC(N3CC[C@@H](NC(=O)O)C3)CC2)cc1. The van der Waals surface area contributed by atoms with Crippen molar-refractivity contribution < 1.29 is 14.6 Å². The van der Waals surface area contributed by atoms with Crippen molar-refractivity contribution in [1.29, 1.82) is 0 Å². The molecule has 0 saturated carbocycles. The van der Waals surface area contributed by atoms with Gasteiger partial charge in [0.05, 0.1) is 7.11 Å². The highest BCUT2D eigenvalue weighted by atomic mass is 16.5. The fourth-order valence-corrected chi connectivity index (χ4v) is 3.69. The van der Waals surface area contributed by atoms with Gasteiger partial charge in [-0.15, -0.1) is 0 Å². The van der Waals surface area contributed by atoms with Crippen LogP contribution in [0.4, 0.5) is 10.5 Å². The highest BCUT2D eigenvalue weighted by molar-refractivity contribution is 5.64. The van der Waals surface area contributed by atoms with Crippen molar-refractivity contribution in [3.8, 4) is 5.75 Å². The van der Waals surface area contributed by atoms with Crippen molar-refractivity contribution in [2.24, 2.45) is 0 Å². The van der Waals surface area contributed by atoms with Crippen LogP contribution in [-0.2, 0) is 0 Å². The number of methoxy groups -OCH3 is 1. The van der Waals surface area contributed by atoms with Gasteiger partial charge >= 0.3 is 6.09 Å². The smallest absolute Gasteiger partial charge is 0.404 e. The summed E-state index contributed by atoms with van der Waals surface area (Å²) in [6, 6.07) is 8.90. The lowest BCUT2D eigenvalue weighted by Crippen LogP contribution is -2.45. The molecule has 23 heavy (non-hydrogen) atoms. The van der Waals surface area contributed by atoms with E-state index in [0.29, 0.717) is 6.04 Å². The summed E-state index contributed by atoms with van der Waals surface area (Å²) in [5.74, 6) is 0.887. The van der Waals surface area contributed by atoms with Gasteiger partial charge in [-0.05, 0) is 43.5 Å². The average molecular weight is 319 g/mol. The highest BCUT2D eigenvalue weighted by Crippen LogP contribution is 2.26. The zero-order valence-corrected chi connectivity index (χ0v) is 13.6. The summed E-state index contributed by atoms with van der Waals surface area (Å²) in [5.41, 5.74) is 1.25. The molecule has 3 rings (SSSR count). The summed E-state index contributed by atoms with van der Waals surface area (Å²) in [5, 5.41) is 11.4. The maximum absolute atomic E-state index is 10.7. The van der Waals surface area contributed by atoms with Crippen LogP contribution in [0.2, 0.25) is 0 Å². The van der Waals surface area contributed by atoms with Gasteiger partial charge in [-0.3, -0.25) is 4.90 Å². The normalized spacial score (nSPS) is 23.0. The molecule has 1 aromatic rings. The van der Waals surface area contributed by atoms with E-state index in [9.17, 15) is 4.79 Å². The fourth-order valence-electron chi connectivity index (χ4n) is 3.69. The molecule has 0 bridgehead atoms. The van der Waals surface area contributed by atoms with E-state index < -0.39 is 6.09 Å². The third kappa shape index (κ3) is 3.88. The van der Waals surface area contributed by atoms with E-state index >= 15 is 0 Å². The Balaban J connectivity index is 1.49. The molecule has 2 saturated heterocycles. The number of amides is 1. The van der Waals surface area contributed by atoms with Gasteiger partial charge in [0, 0.05) is 44.0 Å². The van der Waals surface area contributed by atoms with E-state index in [0.717, 1.165) is 51.2 Å². The molecule has 2 N–H and O–H groups in total. The number of anilines is 1. The Morgan fingerprint density at radius 3 is 2.48 bits per heavy atom. The molecule has 2 aliphatic rings. The number of nitrogens with one attached hydrogen (secondary N) is 1. The van der Waals surface area contributed by atoms with Gasteiger partial charge in [-0.1, -0.05) is 0 Å². The summed E-state index contributed by atoms with van der Waals surface area (Å²) in [6.07, 6.45) is 2.27. The Labute approximate surface area is 137 Å². The first kappa shape index (κ1) is 15.9. The molecule has 0 aromatic heterocycles. The Morgan fingerprint density at radius 1 is 1.17 bits per heavy atom. The summed E-state index contributed by atoms with van der Waals surface area (Å²) < 4.78 is 5.21. The number of carboxylic acid groups (broad SMARTS) is 1. The lowest BCUT2D eigenvalue weighted by molar-refractivity contribution is 0.183. The predicted molar refractivity (Wildman–Crippen MR) is 89.4 cm³/mol. The molecular formula is C17H25N3O3. The number of nitrogens with zero attached hydrogens (tertiary/aromatic N) is 2. The molecule has 2 aliphatic heterocycles. The molecule has 6 nitrogen and oxygen atoms in total. The zero-order valence-electron chi connectivity index (χ0n) is 13.6. The summed E-state index contributed by atoms with van der Waals surface area (Å²) in [4.78, 5) is 15.6. The van der Waals surface area contributed by atoms with Gasteiger partial charge in [0.2, 0.25) is 0 Å². The number of likely N-dealkylation sites (tertiary alicyclic amines) is 1. The first-order valence-electron chi connectivity index (χ1n) is 8.28. The van der Waals surface area contributed by atoms with Crippen LogP contribution in [0.15, 0.2) is 24.3 Å². The standard InChI is InChI=1S/C17H25N3O3/c1-23-16-4-2-14(3-5-16)19-10-7-15(8-11-19)20-9-6-13(12-20)18-17(21)22/h2-5,13,15,18H,6-12H2,1H3,(H,21,22)/t13-/m1/s1. The van der Waals surface area contributed by atoms with Gasteiger partial charge in [-0.2, -0.15) is 0 Å². The quantitative estimate of drug-likeness (QED) is 0.889. The van der Waals surface area contributed by atoms with Crippen molar-refractivity contribution in [1.82, 2.24) is 10.2 Å². The van der Waals surface area contributed by atoms with E-state index in [1.54, 1.807) is 7.11 Å². The van der Waals surface area contributed by atoms with E-state index in [1.807, 2.05) is 12.1 Å². The minimum absolute atomic E-state index is 0.0899. The van der Waals surface area contributed by atoms with Gasteiger partial charge in [0.25, 0.3) is 0 Å². The third-order valence-electron chi connectivity index (χ3n) is 4.97. The van der Waals surface area contributed by atoms with Crippen LogP contribution in [0, 0.1) is 0 Å². The molecule has 2 fully saturated rings. The van der Waals surface area contributed by atoms with Crippen molar-refractivity contribution >= 4 is 11.8 Å². The van der Waals surface area contributed by atoms with E-state index in [2.05, 4.69) is 27.2 Å². The second kappa shape index (κ2) is 7.08. The number of ether oxygens (including phenoxy) is 1. The van der Waals surface area contributed by atoms with Crippen LogP contribution < -0.4 is 15.0 Å². The zero-order chi connectivity index (χ0) is 16.2. The fraction of sp³-hybridized carbons (Fsp3) is 0.588. The average Bonchev–Trinajstić information content (AvgIpc) is 3.03. The summed E-state index contributed by atoms with van der Waals surface area (Å²) in [6.45, 7) is 3.94. The second-order valence-corrected chi connectivity index (χ2v) is 6.35. The number of hydrogen-bond donors (Lipinski definition) is 2. The van der Waals surface area contributed by atoms with Crippen LogP contribution in [0.1, 0.15) is 19.3 Å². The van der Waals surface area contributed by atoms with E-state index in [-0.39, 0.29) is 6.04 Å². The molecule has 0 aliphatic carbocycles. The lowest BCUT2D eigenvalue weighted by atomic mass is 10.0. The van der Waals surface area contributed by atoms with Gasteiger partial charge in [0.1, 0.15) is 5.75 Å². The molecular weight excluding hydrogens is 294 g/mol. The number of hydrogen-bond acceptors (Lipinski definition) is 4. The Kier molecular flexibility index (Phi) is 4.91. The second-order valence-electron chi connectivity index (χ2n) is 6.35. The largest absolute Gasteiger partial charge is 0.497 e. The van der Waals surface area contributed by atoms with Crippen molar-refractivity contribution in [2.75, 3.05) is 38.2 Å². The summed E-state index contributed by atoms with van der Waals surface area (Å²) in [7, 11) is 1.68.